The van der Waals surface area contributed by atoms with Gasteiger partial charge in [0.1, 0.15) is 24.4 Å². The van der Waals surface area contributed by atoms with Crippen molar-refractivity contribution in [3.05, 3.63) is 118 Å². The van der Waals surface area contributed by atoms with Crippen LogP contribution in [0.15, 0.2) is 96.1 Å². The molecule has 4 aliphatic heterocycles. The molecule has 0 bridgehead atoms. The minimum Gasteiger partial charge on any atom is -0.374 e. The maximum Gasteiger partial charge on any atom is 0.187 e. The fraction of sp³-hybridized carbons (Fsp3) is 0.587. The van der Waals surface area contributed by atoms with E-state index in [-0.39, 0.29) is 37.3 Å². The number of hydrogen-bond donors (Lipinski definition) is 1. The Morgan fingerprint density at radius 1 is 0.733 bits per heavy atom. The van der Waals surface area contributed by atoms with Gasteiger partial charge in [-0.05, 0) is 55.8 Å². The number of nitrogens with zero attached hydrogens (tertiary/aromatic N) is 3. The van der Waals surface area contributed by atoms with Crippen molar-refractivity contribution in [1.82, 2.24) is 0 Å². The van der Waals surface area contributed by atoms with Crippen LogP contribution in [-0.2, 0) is 67.2 Å². The van der Waals surface area contributed by atoms with Gasteiger partial charge in [0, 0.05) is 23.0 Å². The van der Waals surface area contributed by atoms with E-state index in [1.165, 1.54) is 0 Å². The molecule has 3 aromatic rings. The Balaban J connectivity index is 1.05. The summed E-state index contributed by atoms with van der Waals surface area (Å²) >= 11 is 0. The van der Waals surface area contributed by atoms with E-state index in [4.69, 9.17) is 52.8 Å². The first-order chi connectivity index (χ1) is 29.0. The second-order valence-electron chi connectivity index (χ2n) is 16.9. The summed E-state index contributed by atoms with van der Waals surface area (Å²) in [5, 5.41) is 12.6. The van der Waals surface area contributed by atoms with Crippen LogP contribution in [0.25, 0.3) is 10.4 Å². The number of rotatable bonds is 17. The highest BCUT2D eigenvalue weighted by Gasteiger charge is 2.58. The molecule has 1 N–H and O–H groups in total. The maximum absolute atomic E-state index is 9.65. The summed E-state index contributed by atoms with van der Waals surface area (Å²) in [7, 11) is 0. The normalized spacial score (nSPS) is 35.0. The van der Waals surface area contributed by atoms with Crippen LogP contribution in [-0.4, -0.2) is 98.3 Å². The fourth-order valence-electron chi connectivity index (χ4n) is 8.74. The molecule has 4 aliphatic rings. The molecule has 4 fully saturated rings. The largest absolute Gasteiger partial charge is 0.374 e. The Kier molecular flexibility index (Phi) is 15.1. The quantitative estimate of drug-likeness (QED) is 0.0612. The highest BCUT2D eigenvalue weighted by Crippen LogP contribution is 2.43. The van der Waals surface area contributed by atoms with E-state index in [1.807, 2.05) is 119 Å². The number of ether oxygens (including phenoxy) is 10. The van der Waals surface area contributed by atoms with Crippen molar-refractivity contribution < 1.29 is 47.4 Å². The third kappa shape index (κ3) is 11.0. The average molecular weight is 829 g/mol. The second-order valence-corrected chi connectivity index (χ2v) is 16.9. The Labute approximate surface area is 353 Å². The lowest BCUT2D eigenvalue weighted by atomic mass is 9.84. The predicted molar refractivity (Wildman–Crippen MR) is 222 cm³/mol. The predicted octanol–water partition coefficient (Wildman–Crippen LogP) is 7.91. The summed E-state index contributed by atoms with van der Waals surface area (Å²) in [6, 6.07) is 29.4. The van der Waals surface area contributed by atoms with Crippen LogP contribution in [0, 0.1) is 17.2 Å². The summed E-state index contributed by atoms with van der Waals surface area (Å²) in [6.07, 6.45) is -6.03. The average Bonchev–Trinajstić information content (AvgIpc) is 3.57. The summed E-state index contributed by atoms with van der Waals surface area (Å²) < 4.78 is 65.7. The van der Waals surface area contributed by atoms with E-state index in [9.17, 15) is 5.53 Å². The van der Waals surface area contributed by atoms with Crippen molar-refractivity contribution in [3.8, 4) is 0 Å². The summed E-state index contributed by atoms with van der Waals surface area (Å²) in [5.74, 6) is -1.53. The molecule has 0 aliphatic carbocycles. The van der Waals surface area contributed by atoms with Crippen molar-refractivity contribution in [1.29, 1.82) is 5.41 Å². The summed E-state index contributed by atoms with van der Waals surface area (Å²) in [5.41, 5.74) is 13.2. The van der Waals surface area contributed by atoms with Gasteiger partial charge in [0.2, 0.25) is 0 Å². The van der Waals surface area contributed by atoms with Crippen molar-refractivity contribution in [2.24, 2.45) is 17.0 Å². The zero-order valence-electron chi connectivity index (χ0n) is 35.4. The van der Waals surface area contributed by atoms with E-state index >= 15 is 0 Å². The van der Waals surface area contributed by atoms with Gasteiger partial charge < -0.3 is 52.8 Å². The molecule has 4 heterocycles. The SMILES string of the molecule is CC(=N)C[C@H]1O[C@@H](COCc2ccccc2)C(N=[N+]=[N-])C(C)C1O[C@@H]1OC(C)[C@H](O[C@@H]2OC[C@@H](OCc3ccccc3)C(OCc3ccccc3)C2C)C2OC(C)(C)OC21. The molecule has 0 spiro atoms. The monoisotopic (exact) mass is 828 g/mol. The van der Waals surface area contributed by atoms with Gasteiger partial charge in [-0.25, -0.2) is 0 Å². The topological polar surface area (TPSA) is 165 Å². The van der Waals surface area contributed by atoms with E-state index in [2.05, 4.69) is 16.9 Å². The molecule has 0 amide bonds. The molecule has 3 aromatic carbocycles. The van der Waals surface area contributed by atoms with Crippen molar-refractivity contribution in [2.45, 2.75) is 147 Å². The molecule has 60 heavy (non-hydrogen) atoms. The summed E-state index contributed by atoms with van der Waals surface area (Å²) in [4.78, 5) is 3.18. The standard InChI is InChI=1S/C46H60N4O10/c1-28(47)22-35-40(29(2)38(49-50-48)36(56-35)26-51-23-32-16-10-7-11-17-32)57-45-43-42(59-46(5,6)60-43)41(31(4)55-45)58-44-30(3)39(53-25-34-20-14-9-15-21-34)37(27-54-44)52-24-33-18-12-8-13-19-33/h7-21,29-31,35-45,47H,22-27H2,1-6H3/t29?,30?,31?,35-,36+,37-,38?,39?,40?,41+,42?,43?,44+,45+/m1/s1. The molecule has 14 atom stereocenters. The lowest BCUT2D eigenvalue weighted by Gasteiger charge is -2.48. The highest BCUT2D eigenvalue weighted by atomic mass is 16.8. The van der Waals surface area contributed by atoms with Gasteiger partial charge in [0.05, 0.1) is 69.6 Å². The van der Waals surface area contributed by atoms with E-state index < -0.39 is 67.1 Å². The zero-order chi connectivity index (χ0) is 42.2. The van der Waals surface area contributed by atoms with Crippen LogP contribution in [0.2, 0.25) is 0 Å². The summed E-state index contributed by atoms with van der Waals surface area (Å²) in [6.45, 7) is 13.1. The fourth-order valence-corrected chi connectivity index (χ4v) is 8.74. The van der Waals surface area contributed by atoms with Gasteiger partial charge in [-0.2, -0.15) is 0 Å². The lowest BCUT2D eigenvalue weighted by molar-refractivity contribution is -0.341. The van der Waals surface area contributed by atoms with Gasteiger partial charge in [-0.1, -0.05) is 110 Å². The number of benzene rings is 3. The third-order valence-corrected chi connectivity index (χ3v) is 11.7. The molecule has 8 unspecified atom stereocenters. The molecule has 0 saturated carbocycles. The number of fused-ring (bicyclic) bond motifs is 1. The van der Waals surface area contributed by atoms with Crippen molar-refractivity contribution >= 4 is 5.71 Å². The van der Waals surface area contributed by atoms with Crippen LogP contribution in [0.1, 0.15) is 64.7 Å². The first-order valence-corrected chi connectivity index (χ1v) is 21.1. The van der Waals surface area contributed by atoms with E-state index in [0.29, 0.717) is 32.0 Å². The molecule has 14 heteroatoms. The molecule has 14 nitrogen and oxygen atoms in total. The van der Waals surface area contributed by atoms with Gasteiger partial charge >= 0.3 is 0 Å². The number of nitrogens with one attached hydrogen (secondary N) is 1. The van der Waals surface area contributed by atoms with Gasteiger partial charge in [-0.15, -0.1) is 0 Å². The first-order valence-electron chi connectivity index (χ1n) is 21.1. The van der Waals surface area contributed by atoms with E-state index in [0.717, 1.165) is 16.7 Å². The molecule has 0 radical (unpaired) electrons. The zero-order valence-corrected chi connectivity index (χ0v) is 35.4. The third-order valence-electron chi connectivity index (χ3n) is 11.7. The van der Waals surface area contributed by atoms with Gasteiger partial charge in [-0.3, -0.25) is 0 Å². The molecule has 7 rings (SSSR count). The Hall–Kier alpha value is -3.76. The van der Waals surface area contributed by atoms with Crippen LogP contribution in [0.4, 0.5) is 0 Å². The molecular weight excluding hydrogens is 769 g/mol. The number of azide groups is 1. The number of hydrogen-bond acceptors (Lipinski definition) is 12. The minimum absolute atomic E-state index is 0.203. The molecule has 4 saturated heterocycles. The van der Waals surface area contributed by atoms with Crippen LogP contribution < -0.4 is 0 Å². The van der Waals surface area contributed by atoms with E-state index in [1.54, 1.807) is 6.92 Å². The minimum atomic E-state index is -0.975. The molecular formula is C46H60N4O10. The second kappa shape index (κ2) is 20.4. The van der Waals surface area contributed by atoms with Gasteiger partial charge in [0.25, 0.3) is 0 Å². The Bertz CT molecular complexity index is 1850. The van der Waals surface area contributed by atoms with Gasteiger partial charge in [0.15, 0.2) is 18.4 Å². The lowest BCUT2D eigenvalue weighted by Crippen LogP contribution is -2.62. The molecule has 0 aromatic heterocycles. The van der Waals surface area contributed by atoms with Crippen molar-refractivity contribution in [3.63, 3.8) is 0 Å². The van der Waals surface area contributed by atoms with Crippen molar-refractivity contribution in [2.75, 3.05) is 13.2 Å². The smallest absolute Gasteiger partial charge is 0.187 e. The first kappa shape index (κ1) is 44.3. The molecule has 324 valence electrons. The van der Waals surface area contributed by atoms with Crippen LogP contribution in [0.5, 0.6) is 0 Å². The Morgan fingerprint density at radius 2 is 1.32 bits per heavy atom. The Morgan fingerprint density at radius 3 is 1.93 bits per heavy atom. The van der Waals surface area contributed by atoms with Crippen LogP contribution in [0.3, 0.4) is 0 Å². The maximum atomic E-state index is 9.65. The van der Waals surface area contributed by atoms with Crippen LogP contribution >= 0.6 is 0 Å². The highest BCUT2D eigenvalue weighted by molar-refractivity contribution is 5.79.